The quantitative estimate of drug-likeness (QED) is 0.615. The van der Waals surface area contributed by atoms with E-state index in [9.17, 15) is 4.79 Å². The van der Waals surface area contributed by atoms with Crippen LogP contribution in [0.4, 0.5) is 0 Å². The van der Waals surface area contributed by atoms with E-state index in [0.29, 0.717) is 13.1 Å². The lowest BCUT2D eigenvalue weighted by Crippen LogP contribution is -2.52. The summed E-state index contributed by atoms with van der Waals surface area (Å²) in [5.41, 5.74) is 5.57. The molecule has 1 aliphatic heterocycles. The zero-order chi connectivity index (χ0) is 10.6. The summed E-state index contributed by atoms with van der Waals surface area (Å²) >= 11 is 0. The van der Waals surface area contributed by atoms with Crippen LogP contribution in [-0.4, -0.2) is 55.0 Å². The number of piperazine rings is 1. The number of nitrogens with two attached hydrogens (primary N) is 1. The smallest absolute Gasteiger partial charge is 0.240 e. The van der Waals surface area contributed by atoms with Gasteiger partial charge in [-0.3, -0.25) is 4.79 Å². The van der Waals surface area contributed by atoms with E-state index in [2.05, 4.69) is 4.90 Å². The predicted octanol–water partition coefficient (Wildman–Crippen LogP) is -0.999. The summed E-state index contributed by atoms with van der Waals surface area (Å²) in [6, 6.07) is 1.26. The van der Waals surface area contributed by atoms with Gasteiger partial charge in [0.15, 0.2) is 0 Å². The van der Waals surface area contributed by atoms with E-state index < -0.39 is 6.04 Å². The lowest BCUT2D eigenvalue weighted by atomic mass is 10.2. The first-order chi connectivity index (χ1) is 6.65. The fraction of sp³-hybridized carbons (Fsp3) is 0.778. The molecule has 1 fully saturated rings. The Kier molecular flexibility index (Phi) is 3.86. The van der Waals surface area contributed by atoms with Crippen molar-refractivity contribution >= 4 is 5.91 Å². The number of carbonyl (C=O) groups excluding carboxylic acids is 1. The van der Waals surface area contributed by atoms with Gasteiger partial charge in [0, 0.05) is 26.2 Å². The minimum absolute atomic E-state index is 0.0975. The molecule has 78 valence electrons. The van der Waals surface area contributed by atoms with Crippen LogP contribution in [0.3, 0.4) is 0 Å². The van der Waals surface area contributed by atoms with Crippen molar-refractivity contribution in [1.82, 2.24) is 9.80 Å². The number of likely N-dealkylation sites (N-methyl/N-ethyl adjacent to an activating group) is 1. The fourth-order valence-electron chi connectivity index (χ4n) is 1.45. The molecule has 5 heteroatoms. The van der Waals surface area contributed by atoms with Crippen LogP contribution in [0.5, 0.6) is 0 Å². The molecule has 0 bridgehead atoms. The van der Waals surface area contributed by atoms with Gasteiger partial charge in [0.1, 0.15) is 0 Å². The van der Waals surface area contributed by atoms with Crippen molar-refractivity contribution in [3.8, 4) is 6.07 Å². The number of hydrogen-bond acceptors (Lipinski definition) is 4. The van der Waals surface area contributed by atoms with Crippen LogP contribution in [0.2, 0.25) is 0 Å². The van der Waals surface area contributed by atoms with E-state index in [4.69, 9.17) is 11.0 Å². The lowest BCUT2D eigenvalue weighted by Gasteiger charge is -2.33. The van der Waals surface area contributed by atoms with Crippen molar-refractivity contribution < 1.29 is 4.79 Å². The first kappa shape index (κ1) is 11.0. The third-order valence-electron chi connectivity index (χ3n) is 2.44. The molecule has 0 spiro atoms. The van der Waals surface area contributed by atoms with Gasteiger partial charge in [0.05, 0.1) is 18.5 Å². The highest BCUT2D eigenvalue weighted by Gasteiger charge is 2.23. The number of amides is 1. The molecule has 0 unspecified atom stereocenters. The Labute approximate surface area is 84.1 Å². The molecule has 1 saturated heterocycles. The lowest BCUT2D eigenvalue weighted by molar-refractivity contribution is -0.134. The summed E-state index contributed by atoms with van der Waals surface area (Å²) in [5, 5.41) is 8.42. The maximum atomic E-state index is 11.6. The standard InChI is InChI=1S/C9H16N4O/c1-12-4-6-13(7-5-12)9(14)8(11)2-3-10/h8H,2,4-7,11H2,1H3/t8-/m0/s1. The summed E-state index contributed by atoms with van der Waals surface area (Å²) in [6.45, 7) is 3.19. The third kappa shape index (κ3) is 2.69. The van der Waals surface area contributed by atoms with Crippen LogP contribution in [-0.2, 0) is 4.79 Å². The normalized spacial score (nSPS) is 20.2. The molecule has 0 aromatic heterocycles. The van der Waals surface area contributed by atoms with Crippen LogP contribution in [0.25, 0.3) is 0 Å². The molecule has 2 N–H and O–H groups in total. The van der Waals surface area contributed by atoms with Crippen molar-refractivity contribution in [3.63, 3.8) is 0 Å². The second kappa shape index (κ2) is 4.94. The van der Waals surface area contributed by atoms with E-state index in [0.717, 1.165) is 13.1 Å². The Morgan fingerprint density at radius 2 is 2.07 bits per heavy atom. The van der Waals surface area contributed by atoms with Gasteiger partial charge in [-0.05, 0) is 7.05 Å². The zero-order valence-electron chi connectivity index (χ0n) is 8.44. The second-order valence-electron chi connectivity index (χ2n) is 3.60. The minimum atomic E-state index is -0.650. The largest absolute Gasteiger partial charge is 0.339 e. The van der Waals surface area contributed by atoms with Gasteiger partial charge >= 0.3 is 0 Å². The Balaban J connectivity index is 2.42. The van der Waals surface area contributed by atoms with E-state index in [1.807, 2.05) is 13.1 Å². The van der Waals surface area contributed by atoms with Crippen molar-refractivity contribution in [2.24, 2.45) is 5.73 Å². The first-order valence-corrected chi connectivity index (χ1v) is 4.75. The predicted molar refractivity (Wildman–Crippen MR) is 52.3 cm³/mol. The monoisotopic (exact) mass is 196 g/mol. The van der Waals surface area contributed by atoms with Gasteiger partial charge in [0.2, 0.25) is 5.91 Å². The molecular weight excluding hydrogens is 180 g/mol. The molecule has 0 radical (unpaired) electrons. The molecular formula is C9H16N4O. The molecule has 1 heterocycles. The Morgan fingerprint density at radius 1 is 1.50 bits per heavy atom. The number of nitriles is 1. The number of rotatable bonds is 2. The third-order valence-corrected chi connectivity index (χ3v) is 2.44. The molecule has 0 aromatic rings. The first-order valence-electron chi connectivity index (χ1n) is 4.75. The molecule has 5 nitrogen and oxygen atoms in total. The Hall–Kier alpha value is -1.12. The van der Waals surface area contributed by atoms with Crippen LogP contribution in [0, 0.1) is 11.3 Å². The number of nitrogens with zero attached hydrogens (tertiary/aromatic N) is 3. The van der Waals surface area contributed by atoms with Gasteiger partial charge in [-0.2, -0.15) is 5.26 Å². The van der Waals surface area contributed by atoms with E-state index in [-0.39, 0.29) is 12.3 Å². The molecule has 1 amide bonds. The summed E-state index contributed by atoms with van der Waals surface area (Å²) in [5.74, 6) is -0.0975. The maximum Gasteiger partial charge on any atom is 0.240 e. The highest BCUT2D eigenvalue weighted by atomic mass is 16.2. The maximum absolute atomic E-state index is 11.6. The average molecular weight is 196 g/mol. The van der Waals surface area contributed by atoms with Crippen molar-refractivity contribution in [2.75, 3.05) is 33.2 Å². The van der Waals surface area contributed by atoms with Crippen molar-refractivity contribution in [3.05, 3.63) is 0 Å². The van der Waals surface area contributed by atoms with Crippen molar-refractivity contribution in [2.45, 2.75) is 12.5 Å². The summed E-state index contributed by atoms with van der Waals surface area (Å²) in [6.07, 6.45) is 0.102. The SMILES string of the molecule is CN1CCN(C(=O)[C@@H](N)CC#N)CC1. The molecule has 1 rings (SSSR count). The Morgan fingerprint density at radius 3 is 2.57 bits per heavy atom. The zero-order valence-corrected chi connectivity index (χ0v) is 8.44. The highest BCUT2D eigenvalue weighted by molar-refractivity contribution is 5.82. The Bertz CT molecular complexity index is 240. The van der Waals surface area contributed by atoms with Gasteiger partial charge in [-0.1, -0.05) is 0 Å². The summed E-state index contributed by atoms with van der Waals surface area (Å²) < 4.78 is 0. The highest BCUT2D eigenvalue weighted by Crippen LogP contribution is 2.02. The van der Waals surface area contributed by atoms with E-state index >= 15 is 0 Å². The number of carbonyl (C=O) groups is 1. The van der Waals surface area contributed by atoms with Gasteiger partial charge in [-0.15, -0.1) is 0 Å². The van der Waals surface area contributed by atoms with Gasteiger partial charge in [-0.25, -0.2) is 0 Å². The van der Waals surface area contributed by atoms with Gasteiger partial charge < -0.3 is 15.5 Å². The molecule has 0 aromatic carbocycles. The average Bonchev–Trinajstić information content (AvgIpc) is 2.18. The van der Waals surface area contributed by atoms with Crippen LogP contribution < -0.4 is 5.73 Å². The second-order valence-corrected chi connectivity index (χ2v) is 3.60. The summed E-state index contributed by atoms with van der Waals surface area (Å²) in [7, 11) is 2.02. The minimum Gasteiger partial charge on any atom is -0.339 e. The fourth-order valence-corrected chi connectivity index (χ4v) is 1.45. The topological polar surface area (TPSA) is 73.4 Å². The molecule has 1 atom stereocenters. The van der Waals surface area contributed by atoms with E-state index in [1.54, 1.807) is 4.90 Å². The molecule has 1 aliphatic rings. The molecule has 0 saturated carbocycles. The molecule has 14 heavy (non-hydrogen) atoms. The summed E-state index contributed by atoms with van der Waals surface area (Å²) in [4.78, 5) is 15.5. The molecule has 0 aliphatic carbocycles. The van der Waals surface area contributed by atoms with Crippen molar-refractivity contribution in [1.29, 1.82) is 5.26 Å². The van der Waals surface area contributed by atoms with Crippen LogP contribution in [0.15, 0.2) is 0 Å². The number of hydrogen-bond donors (Lipinski definition) is 1. The van der Waals surface area contributed by atoms with E-state index in [1.165, 1.54) is 0 Å². The van der Waals surface area contributed by atoms with Crippen LogP contribution in [0.1, 0.15) is 6.42 Å². The van der Waals surface area contributed by atoms with Gasteiger partial charge in [0.25, 0.3) is 0 Å². The van der Waals surface area contributed by atoms with Crippen LogP contribution >= 0.6 is 0 Å².